The Morgan fingerprint density at radius 2 is 1.94 bits per heavy atom. The Balaban J connectivity index is 1.79. The Bertz CT molecular complexity index is 749. The Labute approximate surface area is 185 Å². The van der Waals surface area contributed by atoms with Crippen LogP contribution in [0.2, 0.25) is 0 Å². The number of unbranched alkanes of at least 4 members (excludes halogenated alkanes) is 3. The molecule has 174 valence electrons. The Morgan fingerprint density at radius 1 is 1.19 bits per heavy atom. The maximum absolute atomic E-state index is 13.7. The monoisotopic (exact) mass is 459 g/mol. The van der Waals surface area contributed by atoms with Crippen LogP contribution in [0.25, 0.3) is 0 Å². The number of nitrogens with zero attached hydrogens (tertiary/aromatic N) is 1. The lowest BCUT2D eigenvalue weighted by molar-refractivity contribution is -0.137. The summed E-state index contributed by atoms with van der Waals surface area (Å²) in [7, 11) is 0. The molecule has 0 radical (unpaired) electrons. The van der Waals surface area contributed by atoms with E-state index in [1.54, 1.807) is 0 Å². The van der Waals surface area contributed by atoms with Gasteiger partial charge in [-0.15, -0.1) is 11.8 Å². The molecule has 2 rings (SSSR count). The second-order valence-corrected chi connectivity index (χ2v) is 9.16. The van der Waals surface area contributed by atoms with Gasteiger partial charge >= 0.3 is 5.97 Å². The van der Waals surface area contributed by atoms with E-state index in [1.807, 2.05) is 0 Å². The van der Waals surface area contributed by atoms with Gasteiger partial charge < -0.3 is 20.5 Å². The first kappa shape index (κ1) is 25.5. The van der Waals surface area contributed by atoms with Gasteiger partial charge in [-0.2, -0.15) is 0 Å². The van der Waals surface area contributed by atoms with E-state index in [1.165, 1.54) is 12.1 Å². The number of carboxylic acid groups (broad SMARTS) is 1. The van der Waals surface area contributed by atoms with Crippen molar-refractivity contribution in [2.75, 3.05) is 5.75 Å². The number of benzene rings is 1. The van der Waals surface area contributed by atoms with Gasteiger partial charge in [0.2, 0.25) is 0 Å². The molecule has 0 aliphatic heterocycles. The number of aliphatic carboxylic acids is 1. The molecular weight excluding hydrogens is 428 g/mol. The molecule has 4 N–H and O–H groups in total. The molecule has 1 aliphatic carbocycles. The van der Waals surface area contributed by atoms with E-state index in [9.17, 15) is 29.0 Å². The number of aliphatic hydroxyl groups excluding tert-OH is 2. The van der Waals surface area contributed by atoms with Crippen LogP contribution in [0.1, 0.15) is 57.8 Å². The van der Waals surface area contributed by atoms with Crippen LogP contribution < -0.4 is 0 Å². The Kier molecular flexibility index (Phi) is 10.7. The van der Waals surface area contributed by atoms with Crippen molar-refractivity contribution in [1.29, 1.82) is 0 Å². The van der Waals surface area contributed by atoms with Gasteiger partial charge in [0, 0.05) is 35.5 Å². The minimum absolute atomic E-state index is 0.0697. The molecule has 0 bridgehead atoms. The van der Waals surface area contributed by atoms with Crippen LogP contribution in [-0.2, 0) is 4.79 Å². The van der Waals surface area contributed by atoms with Gasteiger partial charge in [-0.05, 0) is 43.7 Å². The Hall–Kier alpha value is -1.71. The highest BCUT2D eigenvalue weighted by atomic mass is 32.2. The summed E-state index contributed by atoms with van der Waals surface area (Å²) in [5, 5.41) is 42.1. The smallest absolute Gasteiger partial charge is 0.303 e. The summed E-state index contributed by atoms with van der Waals surface area (Å²) in [6.45, 7) is 0. The quantitative estimate of drug-likeness (QED) is 0.150. The van der Waals surface area contributed by atoms with Crippen LogP contribution in [0.3, 0.4) is 0 Å². The first-order valence-corrected chi connectivity index (χ1v) is 11.7. The van der Waals surface area contributed by atoms with E-state index in [2.05, 4.69) is 5.16 Å². The van der Waals surface area contributed by atoms with Gasteiger partial charge in [-0.3, -0.25) is 4.79 Å². The summed E-state index contributed by atoms with van der Waals surface area (Å²) in [5.74, 6) is -2.06. The van der Waals surface area contributed by atoms with E-state index in [0.29, 0.717) is 31.4 Å². The topological polar surface area (TPSA) is 110 Å². The third-order valence-corrected chi connectivity index (χ3v) is 6.99. The number of hydrogen-bond donors (Lipinski definition) is 4. The third-order valence-electron chi connectivity index (χ3n) is 5.80. The predicted octanol–water partition coefficient (Wildman–Crippen LogP) is 4.45. The maximum Gasteiger partial charge on any atom is 0.303 e. The summed E-state index contributed by atoms with van der Waals surface area (Å²) in [6.07, 6.45) is 3.99. The molecule has 0 amide bonds. The molecule has 9 heteroatoms. The van der Waals surface area contributed by atoms with Crippen LogP contribution in [0, 0.1) is 23.5 Å². The van der Waals surface area contributed by atoms with Crippen molar-refractivity contribution < 1.29 is 34.1 Å². The fraction of sp³-hybridized carbons (Fsp3) is 0.636. The third kappa shape index (κ3) is 8.38. The standard InChI is InChI=1S/C22H31F2NO5S/c23-14-7-10-21(18(24)11-14)31-13-15(26)8-9-16-17(20(27)12-19(16)25-30)5-3-1-2-4-6-22(28)29/h7,10-11,15-17,20,26-27,30H,1-6,8-9,12-13H2,(H,28,29)/b25-19-/t15-,16-,17-,20+/m1/s1. The highest BCUT2D eigenvalue weighted by Gasteiger charge is 2.39. The molecule has 1 aromatic rings. The molecule has 0 aromatic heterocycles. The highest BCUT2D eigenvalue weighted by molar-refractivity contribution is 7.99. The first-order chi connectivity index (χ1) is 14.8. The van der Waals surface area contributed by atoms with Gasteiger partial charge in [-0.1, -0.05) is 24.4 Å². The summed E-state index contributed by atoms with van der Waals surface area (Å²) in [5.41, 5.74) is 0.535. The van der Waals surface area contributed by atoms with E-state index >= 15 is 0 Å². The van der Waals surface area contributed by atoms with Crippen molar-refractivity contribution in [3.63, 3.8) is 0 Å². The SMILES string of the molecule is O=C(O)CCCCCC[C@H]1[C@@H](O)C/C(=N/O)[C@@H]1CC[C@@H](O)CSc1ccc(F)cc1F. The van der Waals surface area contributed by atoms with Crippen LogP contribution in [0.4, 0.5) is 8.78 Å². The number of oxime groups is 1. The molecule has 1 fully saturated rings. The zero-order valence-corrected chi connectivity index (χ0v) is 18.2. The fourth-order valence-corrected chi connectivity index (χ4v) is 5.06. The summed E-state index contributed by atoms with van der Waals surface area (Å²) < 4.78 is 26.7. The summed E-state index contributed by atoms with van der Waals surface area (Å²) in [4.78, 5) is 10.8. The average molecular weight is 460 g/mol. The van der Waals surface area contributed by atoms with Crippen molar-refractivity contribution in [2.24, 2.45) is 17.0 Å². The van der Waals surface area contributed by atoms with Crippen molar-refractivity contribution in [2.45, 2.75) is 74.9 Å². The van der Waals surface area contributed by atoms with Crippen molar-refractivity contribution in [3.05, 3.63) is 29.8 Å². The molecule has 1 aromatic carbocycles. The van der Waals surface area contributed by atoms with Crippen molar-refractivity contribution in [1.82, 2.24) is 0 Å². The van der Waals surface area contributed by atoms with Gasteiger partial charge in [0.15, 0.2) is 0 Å². The molecule has 1 aliphatic rings. The van der Waals surface area contributed by atoms with Gasteiger partial charge in [0.05, 0.1) is 17.9 Å². The molecule has 0 heterocycles. The molecule has 0 saturated heterocycles. The van der Waals surface area contributed by atoms with E-state index in [-0.39, 0.29) is 28.9 Å². The highest BCUT2D eigenvalue weighted by Crippen LogP contribution is 2.37. The van der Waals surface area contributed by atoms with Crippen LogP contribution >= 0.6 is 11.8 Å². The minimum Gasteiger partial charge on any atom is -0.481 e. The number of rotatable bonds is 13. The minimum atomic E-state index is -0.797. The number of carbonyl (C=O) groups is 1. The maximum atomic E-state index is 13.7. The van der Waals surface area contributed by atoms with Crippen molar-refractivity contribution >= 4 is 23.4 Å². The number of halogens is 2. The number of thioether (sulfide) groups is 1. The summed E-state index contributed by atoms with van der Waals surface area (Å²) in [6, 6.07) is 3.33. The molecule has 0 spiro atoms. The van der Waals surface area contributed by atoms with Gasteiger partial charge in [0.25, 0.3) is 0 Å². The zero-order valence-electron chi connectivity index (χ0n) is 17.4. The number of hydrogen-bond acceptors (Lipinski definition) is 6. The number of aliphatic hydroxyl groups is 2. The fourth-order valence-electron chi connectivity index (χ4n) is 4.16. The van der Waals surface area contributed by atoms with Crippen molar-refractivity contribution in [3.8, 4) is 0 Å². The second-order valence-electron chi connectivity index (χ2n) is 8.10. The molecule has 6 nitrogen and oxygen atoms in total. The lowest BCUT2D eigenvalue weighted by atomic mass is 9.85. The average Bonchev–Trinajstić information content (AvgIpc) is 3.02. The molecule has 31 heavy (non-hydrogen) atoms. The second kappa shape index (κ2) is 13.0. The van der Waals surface area contributed by atoms with E-state index in [4.69, 9.17) is 5.11 Å². The van der Waals surface area contributed by atoms with Crippen LogP contribution in [0.15, 0.2) is 28.3 Å². The predicted molar refractivity (Wildman–Crippen MR) is 114 cm³/mol. The lowest BCUT2D eigenvalue weighted by Gasteiger charge is -2.23. The Morgan fingerprint density at radius 3 is 2.61 bits per heavy atom. The molecule has 0 unspecified atom stereocenters. The van der Waals surface area contributed by atoms with E-state index < -0.39 is 29.8 Å². The zero-order chi connectivity index (χ0) is 22.8. The number of carboxylic acids is 1. The summed E-state index contributed by atoms with van der Waals surface area (Å²) >= 11 is 1.12. The van der Waals surface area contributed by atoms with E-state index in [0.717, 1.165) is 43.5 Å². The first-order valence-electron chi connectivity index (χ1n) is 10.7. The molecule has 1 saturated carbocycles. The normalized spacial score (nSPS) is 23.4. The van der Waals surface area contributed by atoms with Crippen LogP contribution in [-0.4, -0.2) is 50.2 Å². The van der Waals surface area contributed by atoms with Gasteiger partial charge in [-0.25, -0.2) is 8.78 Å². The lowest BCUT2D eigenvalue weighted by Crippen LogP contribution is -2.23. The molecule has 4 atom stereocenters. The largest absolute Gasteiger partial charge is 0.481 e. The molecular formula is C22H31F2NO5S. The van der Waals surface area contributed by atoms with Crippen LogP contribution in [0.5, 0.6) is 0 Å². The van der Waals surface area contributed by atoms with Gasteiger partial charge in [0.1, 0.15) is 11.6 Å².